The van der Waals surface area contributed by atoms with Crippen LogP contribution in [0.15, 0.2) is 28.8 Å². The SMILES string of the molecule is O=[N+]([O-])c1ccc(CN2CCc3noc(-c4cc(Cl)c(O)cc4O)c3C2)s1. The van der Waals surface area contributed by atoms with Crippen LogP contribution in [-0.4, -0.2) is 31.7 Å². The van der Waals surface area contributed by atoms with Crippen LogP contribution in [0.3, 0.4) is 0 Å². The first-order valence-corrected chi connectivity index (χ1v) is 9.26. The zero-order chi connectivity index (χ0) is 19.1. The van der Waals surface area contributed by atoms with E-state index >= 15 is 0 Å². The number of benzene rings is 1. The fourth-order valence-corrected chi connectivity index (χ4v) is 4.14. The number of fused-ring (bicyclic) bond motifs is 1. The molecule has 0 bridgehead atoms. The lowest BCUT2D eigenvalue weighted by molar-refractivity contribution is -0.380. The lowest BCUT2D eigenvalue weighted by Crippen LogP contribution is -2.29. The number of rotatable bonds is 4. The van der Waals surface area contributed by atoms with Gasteiger partial charge in [0.2, 0.25) is 0 Å². The molecule has 0 fully saturated rings. The molecule has 0 saturated carbocycles. The van der Waals surface area contributed by atoms with Crippen LogP contribution in [0.5, 0.6) is 11.5 Å². The summed E-state index contributed by atoms with van der Waals surface area (Å²) in [5.41, 5.74) is 2.01. The van der Waals surface area contributed by atoms with Crippen LogP contribution in [-0.2, 0) is 19.5 Å². The van der Waals surface area contributed by atoms with Crippen molar-refractivity contribution < 1.29 is 19.7 Å². The van der Waals surface area contributed by atoms with Gasteiger partial charge in [-0.1, -0.05) is 28.1 Å². The largest absolute Gasteiger partial charge is 0.507 e. The fourth-order valence-electron chi connectivity index (χ4n) is 3.12. The molecule has 2 N–H and O–H groups in total. The van der Waals surface area contributed by atoms with E-state index in [0.717, 1.165) is 40.1 Å². The average molecular weight is 408 g/mol. The summed E-state index contributed by atoms with van der Waals surface area (Å²) in [5, 5.41) is 34.9. The Bertz CT molecular complexity index is 1030. The van der Waals surface area contributed by atoms with Crippen LogP contribution in [0.1, 0.15) is 16.1 Å². The standard InChI is InChI=1S/C17H14ClN3O5S/c18-12-5-10(14(22)6-15(12)23)17-11-8-20(4-3-13(11)19-26-17)7-9-1-2-16(27-9)21(24)25/h1-2,5-6,22-23H,3-4,7-8H2. The molecule has 0 amide bonds. The topological polar surface area (TPSA) is 113 Å². The summed E-state index contributed by atoms with van der Waals surface area (Å²) < 4.78 is 5.45. The molecule has 1 aliphatic rings. The predicted octanol–water partition coefficient (Wildman–Crippen LogP) is 3.93. The molecule has 0 saturated heterocycles. The molecule has 0 atom stereocenters. The molecule has 0 spiro atoms. The van der Waals surface area contributed by atoms with E-state index in [0.29, 0.717) is 30.8 Å². The molecular formula is C17H14ClN3O5S. The van der Waals surface area contributed by atoms with Crippen LogP contribution >= 0.6 is 22.9 Å². The number of nitrogens with zero attached hydrogens (tertiary/aromatic N) is 3. The molecule has 10 heteroatoms. The summed E-state index contributed by atoms with van der Waals surface area (Å²) in [6.45, 7) is 1.84. The van der Waals surface area contributed by atoms with Gasteiger partial charge < -0.3 is 14.7 Å². The second-order valence-electron chi connectivity index (χ2n) is 6.22. The maximum atomic E-state index is 10.8. The van der Waals surface area contributed by atoms with E-state index in [9.17, 15) is 20.3 Å². The average Bonchev–Trinajstić information content (AvgIpc) is 3.25. The van der Waals surface area contributed by atoms with E-state index in [4.69, 9.17) is 16.1 Å². The summed E-state index contributed by atoms with van der Waals surface area (Å²) >= 11 is 7.12. The number of phenols is 2. The smallest absolute Gasteiger partial charge is 0.324 e. The van der Waals surface area contributed by atoms with Crippen molar-refractivity contribution in [3.05, 3.63) is 55.5 Å². The highest BCUT2D eigenvalue weighted by atomic mass is 35.5. The lowest BCUT2D eigenvalue weighted by Gasteiger charge is -2.25. The van der Waals surface area contributed by atoms with Crippen molar-refractivity contribution in [1.29, 1.82) is 0 Å². The van der Waals surface area contributed by atoms with Crippen molar-refractivity contribution in [2.45, 2.75) is 19.5 Å². The number of aromatic nitrogens is 1. The Morgan fingerprint density at radius 2 is 2.15 bits per heavy atom. The molecule has 2 aromatic heterocycles. The number of phenolic OH excluding ortho intramolecular Hbond substituents is 2. The molecular weight excluding hydrogens is 394 g/mol. The Morgan fingerprint density at radius 1 is 1.33 bits per heavy atom. The first-order valence-electron chi connectivity index (χ1n) is 8.07. The van der Waals surface area contributed by atoms with Gasteiger partial charge in [-0.3, -0.25) is 15.0 Å². The van der Waals surface area contributed by atoms with Gasteiger partial charge in [0.25, 0.3) is 0 Å². The van der Waals surface area contributed by atoms with Crippen molar-refractivity contribution >= 4 is 27.9 Å². The van der Waals surface area contributed by atoms with Gasteiger partial charge in [0.1, 0.15) is 11.5 Å². The number of halogens is 1. The molecule has 1 aromatic carbocycles. The van der Waals surface area contributed by atoms with Crippen LogP contribution in [0, 0.1) is 10.1 Å². The van der Waals surface area contributed by atoms with E-state index < -0.39 is 4.92 Å². The quantitative estimate of drug-likeness (QED) is 0.497. The summed E-state index contributed by atoms with van der Waals surface area (Å²) in [5.74, 6) is 0.0420. The van der Waals surface area contributed by atoms with E-state index in [1.165, 1.54) is 12.1 Å². The van der Waals surface area contributed by atoms with E-state index in [1.54, 1.807) is 6.07 Å². The molecule has 8 nitrogen and oxygen atoms in total. The maximum absolute atomic E-state index is 10.8. The van der Waals surface area contributed by atoms with Gasteiger partial charge >= 0.3 is 5.00 Å². The van der Waals surface area contributed by atoms with Gasteiger partial charge in [0, 0.05) is 48.6 Å². The lowest BCUT2D eigenvalue weighted by atomic mass is 10.0. The molecule has 0 aliphatic carbocycles. The third-order valence-electron chi connectivity index (χ3n) is 4.43. The van der Waals surface area contributed by atoms with Crippen LogP contribution in [0.25, 0.3) is 11.3 Å². The number of thiophene rings is 1. The van der Waals surface area contributed by atoms with Gasteiger partial charge in [-0.05, 0) is 12.1 Å². The number of aromatic hydroxyl groups is 2. The third-order valence-corrected chi connectivity index (χ3v) is 5.76. The molecule has 3 aromatic rings. The number of nitro groups is 1. The van der Waals surface area contributed by atoms with E-state index in [-0.39, 0.29) is 21.5 Å². The first kappa shape index (κ1) is 17.8. The maximum Gasteiger partial charge on any atom is 0.324 e. The van der Waals surface area contributed by atoms with Crippen molar-refractivity contribution in [2.24, 2.45) is 0 Å². The molecule has 4 rings (SSSR count). The van der Waals surface area contributed by atoms with Gasteiger partial charge in [-0.2, -0.15) is 0 Å². The Hall–Kier alpha value is -2.62. The summed E-state index contributed by atoms with van der Waals surface area (Å²) in [6, 6.07) is 5.88. The number of hydrogen-bond acceptors (Lipinski definition) is 8. The molecule has 3 heterocycles. The minimum atomic E-state index is -0.391. The van der Waals surface area contributed by atoms with Gasteiger partial charge in [0.05, 0.1) is 21.2 Å². The summed E-state index contributed by atoms with van der Waals surface area (Å²) in [4.78, 5) is 13.5. The first-order chi connectivity index (χ1) is 12.9. The number of hydrogen-bond donors (Lipinski definition) is 2. The van der Waals surface area contributed by atoms with Crippen molar-refractivity contribution in [1.82, 2.24) is 10.1 Å². The van der Waals surface area contributed by atoms with Crippen LogP contribution in [0.2, 0.25) is 5.02 Å². The van der Waals surface area contributed by atoms with Gasteiger partial charge in [-0.25, -0.2) is 0 Å². The fraction of sp³-hybridized carbons (Fsp3) is 0.235. The van der Waals surface area contributed by atoms with Gasteiger partial charge in [-0.15, -0.1) is 0 Å². The van der Waals surface area contributed by atoms with Crippen molar-refractivity contribution in [3.63, 3.8) is 0 Å². The van der Waals surface area contributed by atoms with E-state index in [2.05, 4.69) is 10.1 Å². The second-order valence-corrected chi connectivity index (χ2v) is 7.77. The Morgan fingerprint density at radius 3 is 2.89 bits per heavy atom. The predicted molar refractivity (Wildman–Crippen MR) is 99.1 cm³/mol. The highest BCUT2D eigenvalue weighted by molar-refractivity contribution is 7.15. The normalized spacial score (nSPS) is 14.3. The van der Waals surface area contributed by atoms with Crippen LogP contribution < -0.4 is 0 Å². The Balaban J connectivity index is 1.60. The Kier molecular flexibility index (Phi) is 4.50. The second kappa shape index (κ2) is 6.84. The van der Waals surface area contributed by atoms with Crippen molar-refractivity contribution in [2.75, 3.05) is 6.54 Å². The highest BCUT2D eigenvalue weighted by Crippen LogP contribution is 2.40. The summed E-state index contributed by atoms with van der Waals surface area (Å²) in [7, 11) is 0. The third kappa shape index (κ3) is 3.36. The Labute approximate surface area is 162 Å². The molecule has 1 aliphatic heterocycles. The van der Waals surface area contributed by atoms with Crippen LogP contribution in [0.4, 0.5) is 5.00 Å². The van der Waals surface area contributed by atoms with Gasteiger partial charge in [0.15, 0.2) is 5.76 Å². The minimum absolute atomic E-state index is 0.103. The minimum Gasteiger partial charge on any atom is -0.507 e. The molecule has 27 heavy (non-hydrogen) atoms. The zero-order valence-corrected chi connectivity index (χ0v) is 15.5. The monoisotopic (exact) mass is 407 g/mol. The van der Waals surface area contributed by atoms with E-state index in [1.807, 2.05) is 0 Å². The molecule has 140 valence electrons. The molecule has 0 unspecified atom stereocenters. The van der Waals surface area contributed by atoms with Crippen molar-refractivity contribution in [3.8, 4) is 22.8 Å². The highest BCUT2D eigenvalue weighted by Gasteiger charge is 2.27. The summed E-state index contributed by atoms with van der Waals surface area (Å²) in [6.07, 6.45) is 0.666. The molecule has 0 radical (unpaired) electrons. The zero-order valence-electron chi connectivity index (χ0n) is 13.9.